The topological polar surface area (TPSA) is 12.0 Å². The molecule has 0 atom stereocenters. The van der Waals surface area contributed by atoms with Gasteiger partial charge in [0.2, 0.25) is 0 Å². The first-order chi connectivity index (χ1) is 8.49. The molecular weight excluding hydrogens is 334 g/mol. The van der Waals surface area contributed by atoms with Crippen molar-refractivity contribution in [2.45, 2.75) is 6.54 Å². The lowest BCUT2D eigenvalue weighted by molar-refractivity contribution is 0.458. The predicted octanol–water partition coefficient (Wildman–Crippen LogP) is 4.68. The lowest BCUT2D eigenvalue weighted by Crippen LogP contribution is -2.06. The second kappa shape index (κ2) is 5.27. The largest absolute Gasteiger partial charge is 0.375 e. The van der Waals surface area contributed by atoms with E-state index in [1.54, 1.807) is 11.4 Å². The third-order valence-corrected chi connectivity index (χ3v) is 3.87. The van der Waals surface area contributed by atoms with E-state index in [0.717, 1.165) is 9.35 Å². The lowest BCUT2D eigenvalue weighted by Gasteiger charge is -2.08. The molecule has 1 aromatic heterocycles. The number of nitrogens with one attached hydrogen (secondary N) is 1. The fourth-order valence-electron chi connectivity index (χ4n) is 1.35. The average Bonchev–Trinajstić information content (AvgIpc) is 2.73. The molecule has 2 aromatic rings. The summed E-state index contributed by atoms with van der Waals surface area (Å²) in [6, 6.07) is 1.92. The van der Waals surface area contributed by atoms with Gasteiger partial charge in [0.05, 0.1) is 0 Å². The van der Waals surface area contributed by atoms with Gasteiger partial charge in [-0.15, -0.1) is 11.3 Å². The third kappa shape index (κ3) is 2.67. The summed E-state index contributed by atoms with van der Waals surface area (Å²) in [5.41, 5.74) is -0.794. The highest BCUT2D eigenvalue weighted by atomic mass is 79.9. The van der Waals surface area contributed by atoms with Gasteiger partial charge < -0.3 is 5.32 Å². The number of thiophene rings is 1. The number of rotatable bonds is 3. The van der Waals surface area contributed by atoms with Gasteiger partial charge in [0.25, 0.3) is 0 Å². The summed E-state index contributed by atoms with van der Waals surface area (Å²) in [4.78, 5) is 0.769. The van der Waals surface area contributed by atoms with Gasteiger partial charge in [-0.2, -0.15) is 0 Å². The number of halogens is 5. The highest BCUT2D eigenvalue weighted by molar-refractivity contribution is 9.10. The molecule has 0 bridgehead atoms. The molecule has 0 saturated carbocycles. The Bertz CT molecular complexity index is 558. The molecule has 96 valence electrons. The average molecular weight is 340 g/mol. The summed E-state index contributed by atoms with van der Waals surface area (Å²) < 4.78 is 53.3. The van der Waals surface area contributed by atoms with Crippen LogP contribution < -0.4 is 5.32 Å². The van der Waals surface area contributed by atoms with Crippen LogP contribution in [0.15, 0.2) is 22.0 Å². The summed E-state index contributed by atoms with van der Waals surface area (Å²) in [5.74, 6) is -5.71. The zero-order valence-electron chi connectivity index (χ0n) is 8.74. The Morgan fingerprint density at radius 1 is 1.06 bits per heavy atom. The highest BCUT2D eigenvalue weighted by Crippen LogP contribution is 2.26. The van der Waals surface area contributed by atoms with E-state index in [0.29, 0.717) is 0 Å². The Morgan fingerprint density at radius 2 is 1.67 bits per heavy atom. The molecule has 18 heavy (non-hydrogen) atoms. The molecule has 0 amide bonds. The second-order valence-corrected chi connectivity index (χ2v) is 5.34. The molecule has 0 spiro atoms. The van der Waals surface area contributed by atoms with Crippen LogP contribution in [-0.4, -0.2) is 0 Å². The van der Waals surface area contributed by atoms with E-state index in [4.69, 9.17) is 0 Å². The molecule has 0 saturated heterocycles. The Labute approximate surface area is 113 Å². The fourth-order valence-corrected chi connectivity index (χ4v) is 2.74. The summed E-state index contributed by atoms with van der Waals surface area (Å²) in [5, 5.41) is 4.14. The van der Waals surface area contributed by atoms with Crippen LogP contribution >= 0.6 is 27.3 Å². The maximum atomic E-state index is 13.3. The van der Waals surface area contributed by atoms with Gasteiger partial charge in [0, 0.05) is 27.3 Å². The molecule has 0 fully saturated rings. The molecular formula is C11H6BrF4NS. The maximum Gasteiger partial charge on any atom is 0.185 e. The molecule has 1 heterocycles. The number of hydrogen-bond acceptors (Lipinski definition) is 2. The minimum absolute atomic E-state index is 0.0764. The third-order valence-electron chi connectivity index (χ3n) is 2.17. The molecule has 7 heteroatoms. The predicted molar refractivity (Wildman–Crippen MR) is 65.6 cm³/mol. The van der Waals surface area contributed by atoms with Crippen molar-refractivity contribution in [2.75, 3.05) is 5.32 Å². The summed E-state index contributed by atoms with van der Waals surface area (Å²) in [6.45, 7) is 0.0764. The maximum absolute atomic E-state index is 13.3. The minimum atomic E-state index is -1.43. The molecule has 1 N–H and O–H groups in total. The van der Waals surface area contributed by atoms with Gasteiger partial charge in [0.1, 0.15) is 5.69 Å². The van der Waals surface area contributed by atoms with Crippen LogP contribution in [0.25, 0.3) is 0 Å². The van der Waals surface area contributed by atoms with E-state index < -0.39 is 29.0 Å². The molecule has 1 aromatic carbocycles. The smallest absolute Gasteiger partial charge is 0.185 e. The second-order valence-electron chi connectivity index (χ2n) is 3.43. The van der Waals surface area contributed by atoms with Gasteiger partial charge in [-0.1, -0.05) is 0 Å². The van der Waals surface area contributed by atoms with Crippen LogP contribution in [0.5, 0.6) is 0 Å². The first-order valence-electron chi connectivity index (χ1n) is 4.79. The number of anilines is 1. The van der Waals surface area contributed by atoms with Crippen LogP contribution in [0.1, 0.15) is 4.88 Å². The molecule has 0 aliphatic heterocycles. The minimum Gasteiger partial charge on any atom is -0.375 e. The van der Waals surface area contributed by atoms with Crippen LogP contribution in [0, 0.1) is 23.3 Å². The van der Waals surface area contributed by atoms with E-state index in [2.05, 4.69) is 21.2 Å². The molecule has 0 aliphatic rings. The van der Waals surface area contributed by atoms with E-state index in [1.165, 1.54) is 11.3 Å². The summed E-state index contributed by atoms with van der Waals surface area (Å²) >= 11 is 4.57. The van der Waals surface area contributed by atoms with Gasteiger partial charge in [-0.3, -0.25) is 0 Å². The molecule has 1 nitrogen and oxygen atoms in total. The van der Waals surface area contributed by atoms with E-state index in [1.807, 2.05) is 0 Å². The van der Waals surface area contributed by atoms with Gasteiger partial charge in [-0.05, 0) is 22.0 Å². The first kappa shape index (κ1) is 13.4. The van der Waals surface area contributed by atoms with E-state index in [-0.39, 0.29) is 12.6 Å². The van der Waals surface area contributed by atoms with Crippen LogP contribution in [0.3, 0.4) is 0 Å². The lowest BCUT2D eigenvalue weighted by atomic mass is 10.2. The van der Waals surface area contributed by atoms with Gasteiger partial charge in [-0.25, -0.2) is 17.6 Å². The van der Waals surface area contributed by atoms with E-state index >= 15 is 0 Å². The van der Waals surface area contributed by atoms with Crippen molar-refractivity contribution in [2.24, 2.45) is 0 Å². The standard InChI is InChI=1S/C11H6BrF4NS/c12-5-1-6(18-4-5)3-17-11-9(15)7(13)2-8(14)10(11)16/h1-2,4,17H,3H2. The Kier molecular flexibility index (Phi) is 3.91. The van der Waals surface area contributed by atoms with Crippen molar-refractivity contribution in [3.8, 4) is 0 Å². The molecule has 0 radical (unpaired) electrons. The Balaban J connectivity index is 2.24. The Morgan fingerprint density at radius 3 is 2.17 bits per heavy atom. The van der Waals surface area contributed by atoms with Crippen molar-refractivity contribution in [1.82, 2.24) is 0 Å². The fraction of sp³-hybridized carbons (Fsp3) is 0.0909. The van der Waals surface area contributed by atoms with Crippen molar-refractivity contribution >= 4 is 33.0 Å². The zero-order chi connectivity index (χ0) is 13.3. The van der Waals surface area contributed by atoms with Crippen molar-refractivity contribution in [3.05, 3.63) is 50.1 Å². The zero-order valence-corrected chi connectivity index (χ0v) is 11.1. The summed E-state index contributed by atoms with van der Waals surface area (Å²) in [7, 11) is 0. The van der Waals surface area contributed by atoms with E-state index in [9.17, 15) is 17.6 Å². The van der Waals surface area contributed by atoms with Gasteiger partial charge in [0.15, 0.2) is 23.3 Å². The van der Waals surface area contributed by atoms with Crippen LogP contribution in [-0.2, 0) is 6.54 Å². The molecule has 0 unspecified atom stereocenters. The monoisotopic (exact) mass is 339 g/mol. The highest BCUT2D eigenvalue weighted by Gasteiger charge is 2.18. The van der Waals surface area contributed by atoms with Crippen molar-refractivity contribution < 1.29 is 17.6 Å². The number of benzene rings is 1. The van der Waals surface area contributed by atoms with Crippen molar-refractivity contribution in [1.29, 1.82) is 0 Å². The van der Waals surface area contributed by atoms with Crippen LogP contribution in [0.4, 0.5) is 23.2 Å². The van der Waals surface area contributed by atoms with Gasteiger partial charge >= 0.3 is 0 Å². The summed E-state index contributed by atoms with van der Waals surface area (Å²) in [6.07, 6.45) is 0. The van der Waals surface area contributed by atoms with Crippen molar-refractivity contribution in [3.63, 3.8) is 0 Å². The molecule has 2 rings (SSSR count). The number of hydrogen-bond donors (Lipinski definition) is 1. The SMILES string of the molecule is Fc1cc(F)c(F)c(NCc2cc(Br)cs2)c1F. The first-order valence-corrected chi connectivity index (χ1v) is 6.46. The quantitative estimate of drug-likeness (QED) is 0.632. The van der Waals surface area contributed by atoms with Crippen LogP contribution in [0.2, 0.25) is 0 Å². The normalized spacial score (nSPS) is 10.7. The Hall–Kier alpha value is -1.08. The molecule has 0 aliphatic carbocycles.